The lowest BCUT2D eigenvalue weighted by atomic mass is 9.96. The number of nitrogens with one attached hydrogen (secondary N) is 1. The standard InChI is InChI=1S/C17H22N6O2/c1-10-14(23(24)25)15(22(6)20-10)18-11-7-8-13-12(9-11)19-16(21(13)5)17(2,3)4/h7-9,18H,1-6H3. The highest BCUT2D eigenvalue weighted by Crippen LogP contribution is 2.32. The maximum atomic E-state index is 11.3. The Morgan fingerprint density at radius 1 is 1.24 bits per heavy atom. The van der Waals surface area contributed by atoms with Crippen LogP contribution in [0.5, 0.6) is 0 Å². The molecular formula is C17H22N6O2. The summed E-state index contributed by atoms with van der Waals surface area (Å²) in [6, 6.07) is 5.76. The second kappa shape index (κ2) is 5.58. The number of rotatable bonds is 3. The zero-order chi connectivity index (χ0) is 18.5. The summed E-state index contributed by atoms with van der Waals surface area (Å²) in [5.74, 6) is 1.34. The first kappa shape index (κ1) is 16.9. The van der Waals surface area contributed by atoms with E-state index in [4.69, 9.17) is 4.98 Å². The number of fused-ring (bicyclic) bond motifs is 1. The number of nitro groups is 1. The maximum absolute atomic E-state index is 11.3. The first-order chi connectivity index (χ1) is 11.6. The summed E-state index contributed by atoms with van der Waals surface area (Å²) in [5, 5.41) is 18.6. The average Bonchev–Trinajstić information content (AvgIpc) is 2.96. The number of benzene rings is 1. The van der Waals surface area contributed by atoms with Crippen molar-refractivity contribution in [2.45, 2.75) is 33.1 Å². The molecule has 132 valence electrons. The molecule has 1 N–H and O–H groups in total. The van der Waals surface area contributed by atoms with Gasteiger partial charge in [0.25, 0.3) is 0 Å². The largest absolute Gasteiger partial charge is 0.335 e. The van der Waals surface area contributed by atoms with E-state index in [2.05, 4.69) is 35.8 Å². The summed E-state index contributed by atoms with van der Waals surface area (Å²) in [7, 11) is 3.68. The molecule has 8 nitrogen and oxygen atoms in total. The lowest BCUT2D eigenvalue weighted by molar-refractivity contribution is -0.384. The predicted molar refractivity (Wildman–Crippen MR) is 97.3 cm³/mol. The molecule has 25 heavy (non-hydrogen) atoms. The Balaban J connectivity index is 2.06. The van der Waals surface area contributed by atoms with Crippen LogP contribution in [-0.2, 0) is 19.5 Å². The lowest BCUT2D eigenvalue weighted by Crippen LogP contribution is -2.17. The van der Waals surface area contributed by atoms with E-state index in [9.17, 15) is 10.1 Å². The fourth-order valence-corrected chi connectivity index (χ4v) is 3.09. The van der Waals surface area contributed by atoms with Crippen molar-refractivity contribution < 1.29 is 4.92 Å². The number of hydrogen-bond donors (Lipinski definition) is 1. The molecule has 0 radical (unpaired) electrons. The van der Waals surface area contributed by atoms with Crippen molar-refractivity contribution in [1.82, 2.24) is 19.3 Å². The highest BCUT2D eigenvalue weighted by molar-refractivity contribution is 5.82. The van der Waals surface area contributed by atoms with E-state index in [0.29, 0.717) is 11.5 Å². The minimum Gasteiger partial charge on any atom is -0.335 e. The molecule has 1 aromatic carbocycles. The summed E-state index contributed by atoms with van der Waals surface area (Å²) in [4.78, 5) is 15.6. The number of aromatic nitrogens is 4. The molecule has 0 fully saturated rings. The summed E-state index contributed by atoms with van der Waals surface area (Å²) in [6.07, 6.45) is 0. The highest BCUT2D eigenvalue weighted by atomic mass is 16.6. The van der Waals surface area contributed by atoms with Gasteiger partial charge >= 0.3 is 5.69 Å². The van der Waals surface area contributed by atoms with Gasteiger partial charge < -0.3 is 9.88 Å². The van der Waals surface area contributed by atoms with Gasteiger partial charge in [-0.3, -0.25) is 10.1 Å². The van der Waals surface area contributed by atoms with Gasteiger partial charge in [0.1, 0.15) is 11.5 Å². The van der Waals surface area contributed by atoms with Crippen LogP contribution in [0.1, 0.15) is 32.3 Å². The summed E-state index contributed by atoms with van der Waals surface area (Å²) in [5.41, 5.74) is 2.89. The average molecular weight is 342 g/mol. The predicted octanol–water partition coefficient (Wildman–Crippen LogP) is 3.56. The van der Waals surface area contributed by atoms with Gasteiger partial charge in [0, 0.05) is 25.2 Å². The van der Waals surface area contributed by atoms with E-state index in [1.165, 1.54) is 4.68 Å². The van der Waals surface area contributed by atoms with Crippen LogP contribution in [0.2, 0.25) is 0 Å². The van der Waals surface area contributed by atoms with Crippen molar-refractivity contribution in [3.05, 3.63) is 39.8 Å². The number of imidazole rings is 1. The Hall–Kier alpha value is -2.90. The summed E-state index contributed by atoms with van der Waals surface area (Å²) >= 11 is 0. The number of hydrogen-bond acceptors (Lipinski definition) is 5. The molecule has 0 saturated carbocycles. The number of nitrogens with zero attached hydrogens (tertiary/aromatic N) is 5. The molecule has 0 atom stereocenters. The zero-order valence-corrected chi connectivity index (χ0v) is 15.3. The molecule has 2 heterocycles. The second-order valence-electron chi connectivity index (χ2n) is 7.24. The fourth-order valence-electron chi connectivity index (χ4n) is 3.09. The van der Waals surface area contributed by atoms with Crippen molar-refractivity contribution in [2.24, 2.45) is 14.1 Å². The monoisotopic (exact) mass is 342 g/mol. The molecule has 0 amide bonds. The quantitative estimate of drug-likeness (QED) is 0.580. The molecule has 0 unspecified atom stereocenters. The molecule has 8 heteroatoms. The van der Waals surface area contributed by atoms with E-state index in [1.807, 2.05) is 25.2 Å². The van der Waals surface area contributed by atoms with E-state index in [0.717, 1.165) is 22.5 Å². The lowest BCUT2D eigenvalue weighted by Gasteiger charge is -2.17. The van der Waals surface area contributed by atoms with Crippen LogP contribution in [-0.4, -0.2) is 24.3 Å². The van der Waals surface area contributed by atoms with Crippen LogP contribution in [0, 0.1) is 17.0 Å². The molecule has 3 rings (SSSR count). The van der Waals surface area contributed by atoms with Gasteiger partial charge in [-0.1, -0.05) is 20.8 Å². The molecule has 0 spiro atoms. The van der Waals surface area contributed by atoms with Crippen molar-refractivity contribution in [2.75, 3.05) is 5.32 Å². The molecule has 3 aromatic rings. The zero-order valence-electron chi connectivity index (χ0n) is 15.3. The van der Waals surface area contributed by atoms with E-state index >= 15 is 0 Å². The Kier molecular flexibility index (Phi) is 3.78. The van der Waals surface area contributed by atoms with Gasteiger partial charge in [0.15, 0.2) is 0 Å². The first-order valence-corrected chi connectivity index (χ1v) is 8.01. The van der Waals surface area contributed by atoms with Gasteiger partial charge in [-0.15, -0.1) is 0 Å². The first-order valence-electron chi connectivity index (χ1n) is 8.01. The van der Waals surface area contributed by atoms with Gasteiger partial charge in [-0.05, 0) is 25.1 Å². The third kappa shape index (κ3) is 2.84. The molecule has 2 aromatic heterocycles. The molecule has 0 bridgehead atoms. The Morgan fingerprint density at radius 3 is 2.52 bits per heavy atom. The highest BCUT2D eigenvalue weighted by Gasteiger charge is 2.25. The molecule has 0 aliphatic carbocycles. The smallest absolute Gasteiger partial charge is 0.334 e. The van der Waals surface area contributed by atoms with Gasteiger partial charge in [-0.2, -0.15) is 5.10 Å². The van der Waals surface area contributed by atoms with Crippen LogP contribution in [0.15, 0.2) is 18.2 Å². The number of anilines is 2. The number of aryl methyl sites for hydroxylation is 3. The van der Waals surface area contributed by atoms with E-state index < -0.39 is 4.92 Å². The van der Waals surface area contributed by atoms with Crippen LogP contribution in [0.25, 0.3) is 11.0 Å². The third-order valence-electron chi connectivity index (χ3n) is 4.19. The van der Waals surface area contributed by atoms with Crippen molar-refractivity contribution in [3.63, 3.8) is 0 Å². The van der Waals surface area contributed by atoms with Gasteiger partial charge in [-0.25, -0.2) is 9.67 Å². The topological polar surface area (TPSA) is 90.8 Å². The summed E-state index contributed by atoms with van der Waals surface area (Å²) in [6.45, 7) is 7.99. The minimum atomic E-state index is -0.415. The van der Waals surface area contributed by atoms with Crippen LogP contribution < -0.4 is 5.32 Å². The SMILES string of the molecule is Cc1nn(C)c(Nc2ccc3c(c2)nc(C(C)(C)C)n3C)c1[N+](=O)[O-]. The van der Waals surface area contributed by atoms with Crippen LogP contribution in [0.3, 0.4) is 0 Å². The van der Waals surface area contributed by atoms with Gasteiger partial charge in [0.05, 0.1) is 16.0 Å². The summed E-state index contributed by atoms with van der Waals surface area (Å²) < 4.78 is 3.56. The molecule has 0 aliphatic rings. The van der Waals surface area contributed by atoms with Crippen molar-refractivity contribution >= 4 is 28.2 Å². The minimum absolute atomic E-state index is 0.0148. The van der Waals surface area contributed by atoms with Gasteiger partial charge in [0.2, 0.25) is 5.82 Å². The van der Waals surface area contributed by atoms with E-state index in [1.54, 1.807) is 14.0 Å². The van der Waals surface area contributed by atoms with Crippen LogP contribution in [0.4, 0.5) is 17.2 Å². The second-order valence-corrected chi connectivity index (χ2v) is 7.24. The maximum Gasteiger partial charge on any atom is 0.334 e. The van der Waals surface area contributed by atoms with Crippen molar-refractivity contribution in [3.8, 4) is 0 Å². The van der Waals surface area contributed by atoms with Crippen molar-refractivity contribution in [1.29, 1.82) is 0 Å². The molecule has 0 aliphatic heterocycles. The Labute approximate surface area is 145 Å². The fraction of sp³-hybridized carbons (Fsp3) is 0.412. The van der Waals surface area contributed by atoms with E-state index in [-0.39, 0.29) is 11.1 Å². The Morgan fingerprint density at radius 2 is 1.92 bits per heavy atom. The normalized spacial score (nSPS) is 11.9. The Bertz CT molecular complexity index is 977. The van der Waals surface area contributed by atoms with Crippen LogP contribution >= 0.6 is 0 Å². The molecular weight excluding hydrogens is 320 g/mol. The third-order valence-corrected chi connectivity index (χ3v) is 4.19. The molecule has 0 saturated heterocycles.